The lowest BCUT2D eigenvalue weighted by atomic mass is 9.92. The number of aryl methyl sites for hydroxylation is 1. The summed E-state index contributed by atoms with van der Waals surface area (Å²) in [6.45, 7) is 5.18. The minimum absolute atomic E-state index is 0.430. The average Bonchev–Trinajstić information content (AvgIpc) is 3.11. The highest BCUT2D eigenvalue weighted by molar-refractivity contribution is 6.11. The van der Waals surface area contributed by atoms with Crippen molar-refractivity contribution in [1.82, 2.24) is 20.1 Å². The number of rotatable bonds is 7. The number of piperidine rings is 1. The summed E-state index contributed by atoms with van der Waals surface area (Å²) in [7, 11) is 1.61. The van der Waals surface area contributed by atoms with E-state index in [1.807, 2.05) is 19.2 Å². The van der Waals surface area contributed by atoms with E-state index in [9.17, 15) is 5.11 Å². The van der Waals surface area contributed by atoms with Crippen LogP contribution in [0, 0.1) is 12.3 Å². The normalized spacial score (nSPS) is 18.8. The van der Waals surface area contributed by atoms with Crippen molar-refractivity contribution >= 4 is 11.4 Å². The lowest BCUT2D eigenvalue weighted by Crippen LogP contribution is -2.44. The lowest BCUT2D eigenvalue weighted by molar-refractivity contribution is -0.00823. The molecule has 1 fully saturated rings. The summed E-state index contributed by atoms with van der Waals surface area (Å²) in [4.78, 5) is 4.35. The van der Waals surface area contributed by atoms with Crippen LogP contribution in [0.15, 0.2) is 35.9 Å². The molecule has 2 aromatic rings. The van der Waals surface area contributed by atoms with Gasteiger partial charge in [-0.15, -0.1) is 0 Å². The Morgan fingerprint density at radius 2 is 2.09 bits per heavy atom. The maximum atomic E-state index is 10.8. The molecule has 2 aliphatic rings. The van der Waals surface area contributed by atoms with Crippen molar-refractivity contribution in [2.45, 2.75) is 44.8 Å². The summed E-state index contributed by atoms with van der Waals surface area (Å²) >= 11 is 0. The SMILES string of the molecule is COc1ncc(NC2=C(C(=N)c3cnn(CC4(O)CCNCC4)c3)CCOCC2)cc1C. The van der Waals surface area contributed by atoms with Crippen LogP contribution in [0.25, 0.3) is 0 Å². The number of hydrogen-bond acceptors (Lipinski definition) is 8. The molecule has 0 spiro atoms. The molecule has 172 valence electrons. The molecular formula is C23H32N6O3. The smallest absolute Gasteiger partial charge is 0.216 e. The molecule has 0 unspecified atom stereocenters. The molecule has 0 aliphatic carbocycles. The molecule has 0 saturated carbocycles. The summed E-state index contributed by atoms with van der Waals surface area (Å²) in [5, 5.41) is 30.9. The molecule has 4 rings (SSSR count). The van der Waals surface area contributed by atoms with E-state index >= 15 is 0 Å². The second-order valence-corrected chi connectivity index (χ2v) is 8.52. The van der Waals surface area contributed by atoms with Gasteiger partial charge in [0.1, 0.15) is 0 Å². The van der Waals surface area contributed by atoms with E-state index in [2.05, 4.69) is 20.7 Å². The van der Waals surface area contributed by atoms with Gasteiger partial charge in [-0.2, -0.15) is 5.10 Å². The van der Waals surface area contributed by atoms with Crippen LogP contribution in [-0.2, 0) is 11.3 Å². The van der Waals surface area contributed by atoms with E-state index in [0.717, 1.165) is 41.2 Å². The zero-order valence-corrected chi connectivity index (χ0v) is 18.8. The van der Waals surface area contributed by atoms with Gasteiger partial charge in [0.05, 0.1) is 56.3 Å². The first kappa shape index (κ1) is 22.4. The van der Waals surface area contributed by atoms with Crippen LogP contribution in [0.5, 0.6) is 5.88 Å². The number of aromatic nitrogens is 3. The third-order valence-corrected chi connectivity index (χ3v) is 6.09. The van der Waals surface area contributed by atoms with Crippen LogP contribution >= 0.6 is 0 Å². The molecule has 2 aromatic heterocycles. The van der Waals surface area contributed by atoms with Crippen LogP contribution in [0.2, 0.25) is 0 Å². The summed E-state index contributed by atoms with van der Waals surface area (Å²) in [6.07, 6.45) is 8.04. The summed E-state index contributed by atoms with van der Waals surface area (Å²) in [5.41, 5.74) is 4.09. The topological polar surface area (TPSA) is 117 Å². The fourth-order valence-electron chi connectivity index (χ4n) is 4.29. The van der Waals surface area contributed by atoms with E-state index in [0.29, 0.717) is 57.0 Å². The molecule has 9 nitrogen and oxygen atoms in total. The Kier molecular flexibility index (Phi) is 6.88. The number of aliphatic hydroxyl groups is 1. The zero-order chi connectivity index (χ0) is 22.6. The maximum Gasteiger partial charge on any atom is 0.216 e. The summed E-state index contributed by atoms with van der Waals surface area (Å²) in [6, 6.07) is 1.99. The van der Waals surface area contributed by atoms with Gasteiger partial charge in [-0.05, 0) is 50.9 Å². The second-order valence-electron chi connectivity index (χ2n) is 8.52. The monoisotopic (exact) mass is 440 g/mol. The maximum absolute atomic E-state index is 10.8. The first-order chi connectivity index (χ1) is 15.5. The molecule has 0 amide bonds. The summed E-state index contributed by atoms with van der Waals surface area (Å²) in [5.74, 6) is 0.601. The third-order valence-electron chi connectivity index (χ3n) is 6.09. The van der Waals surface area contributed by atoms with Gasteiger partial charge in [-0.3, -0.25) is 10.1 Å². The average molecular weight is 441 g/mol. The number of nitrogens with zero attached hydrogens (tertiary/aromatic N) is 3. The quantitative estimate of drug-likeness (QED) is 0.488. The van der Waals surface area contributed by atoms with Gasteiger partial charge >= 0.3 is 0 Å². The van der Waals surface area contributed by atoms with Crippen molar-refractivity contribution in [1.29, 1.82) is 5.41 Å². The van der Waals surface area contributed by atoms with Crippen molar-refractivity contribution in [2.75, 3.05) is 38.7 Å². The minimum atomic E-state index is -0.752. The molecule has 0 aromatic carbocycles. The molecule has 0 atom stereocenters. The number of anilines is 1. The van der Waals surface area contributed by atoms with Crippen LogP contribution in [0.3, 0.4) is 0 Å². The predicted molar refractivity (Wildman–Crippen MR) is 122 cm³/mol. The Labute approximate surface area is 188 Å². The molecule has 1 saturated heterocycles. The van der Waals surface area contributed by atoms with Crippen LogP contribution in [-0.4, -0.2) is 64.6 Å². The molecular weight excluding hydrogens is 408 g/mol. The van der Waals surface area contributed by atoms with Crippen molar-refractivity contribution in [3.8, 4) is 5.88 Å². The minimum Gasteiger partial charge on any atom is -0.481 e. The van der Waals surface area contributed by atoms with Gasteiger partial charge in [0.25, 0.3) is 0 Å². The van der Waals surface area contributed by atoms with Crippen molar-refractivity contribution in [2.24, 2.45) is 0 Å². The first-order valence-electron chi connectivity index (χ1n) is 11.1. The van der Waals surface area contributed by atoms with Crippen LogP contribution in [0.4, 0.5) is 5.69 Å². The highest BCUT2D eigenvalue weighted by atomic mass is 16.5. The van der Waals surface area contributed by atoms with E-state index in [4.69, 9.17) is 14.9 Å². The zero-order valence-electron chi connectivity index (χ0n) is 18.8. The Balaban J connectivity index is 1.55. The Morgan fingerprint density at radius 3 is 2.84 bits per heavy atom. The number of hydrogen-bond donors (Lipinski definition) is 4. The Hall–Kier alpha value is -2.75. The molecule has 0 bridgehead atoms. The predicted octanol–water partition coefficient (Wildman–Crippen LogP) is 2.25. The van der Waals surface area contributed by atoms with Gasteiger partial charge in [0, 0.05) is 29.4 Å². The third kappa shape index (κ3) is 5.17. The largest absolute Gasteiger partial charge is 0.481 e. The van der Waals surface area contributed by atoms with Gasteiger partial charge in [0.2, 0.25) is 5.88 Å². The van der Waals surface area contributed by atoms with E-state index in [1.165, 1.54) is 0 Å². The lowest BCUT2D eigenvalue weighted by Gasteiger charge is -2.32. The summed E-state index contributed by atoms with van der Waals surface area (Å²) < 4.78 is 12.7. The van der Waals surface area contributed by atoms with Gasteiger partial charge < -0.3 is 25.2 Å². The molecule has 9 heteroatoms. The Morgan fingerprint density at radius 1 is 1.31 bits per heavy atom. The van der Waals surface area contributed by atoms with Crippen LogP contribution in [0.1, 0.15) is 36.8 Å². The van der Waals surface area contributed by atoms with Crippen molar-refractivity contribution in [3.05, 3.63) is 47.1 Å². The molecule has 2 aliphatic heterocycles. The fourth-order valence-corrected chi connectivity index (χ4v) is 4.29. The standard InChI is InChI=1S/C23H32N6O3/c1-16-11-18(13-26-22(16)31-2)28-20-4-10-32-9-3-19(20)21(24)17-12-27-29(14-17)15-23(30)5-7-25-8-6-23/h11-14,24-25,28,30H,3-10,15H2,1-2H3. The van der Waals surface area contributed by atoms with Gasteiger partial charge in [-0.25, -0.2) is 4.98 Å². The Bertz CT molecular complexity index is 993. The van der Waals surface area contributed by atoms with E-state index < -0.39 is 5.60 Å². The van der Waals surface area contributed by atoms with Gasteiger partial charge in [-0.1, -0.05) is 0 Å². The van der Waals surface area contributed by atoms with Gasteiger partial charge in [0.15, 0.2) is 0 Å². The number of methoxy groups -OCH3 is 1. The highest BCUT2D eigenvalue weighted by Crippen LogP contribution is 2.26. The second kappa shape index (κ2) is 9.81. The van der Waals surface area contributed by atoms with Crippen molar-refractivity contribution in [3.63, 3.8) is 0 Å². The molecule has 4 N–H and O–H groups in total. The number of pyridine rings is 1. The van der Waals surface area contributed by atoms with E-state index in [-0.39, 0.29) is 0 Å². The molecule has 32 heavy (non-hydrogen) atoms. The molecule has 0 radical (unpaired) electrons. The van der Waals surface area contributed by atoms with Crippen molar-refractivity contribution < 1.29 is 14.6 Å². The molecule has 4 heterocycles. The first-order valence-corrected chi connectivity index (χ1v) is 11.1. The van der Waals surface area contributed by atoms with Crippen LogP contribution < -0.4 is 15.4 Å². The highest BCUT2D eigenvalue weighted by Gasteiger charge is 2.30. The number of nitrogens with one attached hydrogen (secondary N) is 3. The number of ether oxygens (including phenoxy) is 2. The fraction of sp³-hybridized carbons (Fsp3) is 0.522. The van der Waals surface area contributed by atoms with E-state index in [1.54, 1.807) is 24.2 Å².